The molecule has 0 aromatic heterocycles. The zero-order valence-corrected chi connectivity index (χ0v) is 20.4. The van der Waals surface area contributed by atoms with Gasteiger partial charge in [0.2, 0.25) is 0 Å². The minimum Gasteiger partial charge on any atom is -0.0840 e. The van der Waals surface area contributed by atoms with E-state index in [4.69, 9.17) is 0 Å². The van der Waals surface area contributed by atoms with Crippen LogP contribution in [0.3, 0.4) is 0 Å². The highest BCUT2D eigenvalue weighted by Crippen LogP contribution is 2.34. The monoisotopic (exact) mass is 426 g/mol. The third-order valence-electron chi connectivity index (χ3n) is 7.00. The largest absolute Gasteiger partial charge is 0.0840 e. The van der Waals surface area contributed by atoms with E-state index in [1.54, 1.807) is 0 Å². The van der Waals surface area contributed by atoms with Crippen LogP contribution < -0.4 is 0 Å². The van der Waals surface area contributed by atoms with Crippen molar-refractivity contribution in [2.24, 2.45) is 11.8 Å². The van der Waals surface area contributed by atoms with Gasteiger partial charge >= 0.3 is 0 Å². The van der Waals surface area contributed by atoms with Crippen LogP contribution in [0.2, 0.25) is 0 Å². The van der Waals surface area contributed by atoms with E-state index >= 15 is 0 Å². The van der Waals surface area contributed by atoms with Gasteiger partial charge in [0.25, 0.3) is 0 Å². The molecule has 0 heterocycles. The van der Waals surface area contributed by atoms with Crippen LogP contribution in [-0.2, 0) is 6.42 Å². The zero-order chi connectivity index (χ0) is 22.4. The third kappa shape index (κ3) is 8.70. The molecule has 2 aromatic carbocycles. The number of hydrogen-bond donors (Lipinski definition) is 0. The Balaban J connectivity index is 1.41. The van der Waals surface area contributed by atoms with Gasteiger partial charge in [0.1, 0.15) is 0 Å². The number of hydrogen-bond acceptors (Lipinski definition) is 0. The van der Waals surface area contributed by atoms with E-state index in [1.807, 2.05) is 0 Å². The van der Waals surface area contributed by atoms with Gasteiger partial charge in [-0.15, -0.1) is 0 Å². The summed E-state index contributed by atoms with van der Waals surface area (Å²) in [4.78, 5) is 0. The van der Waals surface area contributed by atoms with Gasteiger partial charge in [0.05, 0.1) is 0 Å². The Morgan fingerprint density at radius 3 is 1.91 bits per heavy atom. The highest BCUT2D eigenvalue weighted by Gasteiger charge is 2.20. The quantitative estimate of drug-likeness (QED) is 0.262. The zero-order valence-electron chi connectivity index (χ0n) is 20.4. The second-order valence-electron chi connectivity index (χ2n) is 9.68. The summed E-state index contributed by atoms with van der Waals surface area (Å²) < 4.78 is 0. The second kappa shape index (κ2) is 14.0. The van der Waals surface area contributed by atoms with Gasteiger partial charge in [0.15, 0.2) is 0 Å². The predicted octanol–water partition coefficient (Wildman–Crippen LogP) is 9.22. The van der Waals surface area contributed by atoms with Crippen molar-refractivity contribution in [2.75, 3.05) is 0 Å². The summed E-state index contributed by atoms with van der Waals surface area (Å²) in [7, 11) is 0. The number of rotatable bonds is 10. The molecule has 1 aliphatic rings. The van der Waals surface area contributed by atoms with Crippen LogP contribution in [0.15, 0.2) is 54.6 Å². The normalized spacial score (nSPS) is 18.4. The Morgan fingerprint density at radius 1 is 0.719 bits per heavy atom. The fourth-order valence-corrected chi connectivity index (χ4v) is 4.83. The fraction of sp³-hybridized carbons (Fsp3) is 0.500. The summed E-state index contributed by atoms with van der Waals surface area (Å²) in [5.41, 5.74) is 4.89. The van der Waals surface area contributed by atoms with Crippen molar-refractivity contribution >= 4 is 6.08 Å². The van der Waals surface area contributed by atoms with Crippen LogP contribution in [-0.4, -0.2) is 0 Å². The lowest BCUT2D eigenvalue weighted by molar-refractivity contribution is 0.249. The fourth-order valence-electron chi connectivity index (χ4n) is 4.83. The van der Waals surface area contributed by atoms with E-state index in [0.717, 1.165) is 29.4 Å². The maximum absolute atomic E-state index is 3.32. The second-order valence-corrected chi connectivity index (χ2v) is 9.68. The first kappa shape index (κ1) is 24.4. The van der Waals surface area contributed by atoms with Crippen molar-refractivity contribution < 1.29 is 0 Å². The lowest BCUT2D eigenvalue weighted by Gasteiger charge is -2.28. The average molecular weight is 427 g/mol. The molecule has 0 aliphatic heterocycles. The van der Waals surface area contributed by atoms with Gasteiger partial charge in [-0.05, 0) is 66.5 Å². The highest BCUT2D eigenvalue weighted by molar-refractivity contribution is 5.52. The van der Waals surface area contributed by atoms with Crippen molar-refractivity contribution in [2.45, 2.75) is 90.9 Å². The van der Waals surface area contributed by atoms with Crippen molar-refractivity contribution in [3.63, 3.8) is 0 Å². The van der Waals surface area contributed by atoms with Crippen molar-refractivity contribution in [1.82, 2.24) is 0 Å². The molecule has 2 aromatic rings. The molecule has 0 amide bonds. The molecule has 1 fully saturated rings. The third-order valence-corrected chi connectivity index (χ3v) is 7.00. The maximum atomic E-state index is 3.32. The van der Waals surface area contributed by atoms with Crippen LogP contribution in [0.5, 0.6) is 0 Å². The summed E-state index contributed by atoms with van der Waals surface area (Å²) in [6.45, 7) is 4.51. The predicted molar refractivity (Wildman–Crippen MR) is 141 cm³/mol. The van der Waals surface area contributed by atoms with Crippen LogP contribution in [0, 0.1) is 23.7 Å². The molecular weight excluding hydrogens is 384 g/mol. The smallest absolute Gasteiger partial charge is 0.0249 e. The Morgan fingerprint density at radius 2 is 1.31 bits per heavy atom. The molecule has 0 atom stereocenters. The molecule has 0 nitrogen and oxygen atoms in total. The summed E-state index contributed by atoms with van der Waals surface area (Å²) >= 11 is 0. The van der Waals surface area contributed by atoms with Crippen molar-refractivity contribution in [3.8, 4) is 11.8 Å². The number of benzene rings is 2. The molecule has 0 heteroatoms. The molecular formula is C32H42. The standard InChI is InChI=1S/C32H42/c1-3-5-7-9-27-11-15-29(16-12-27)19-21-31-23-25-32(26-24-31)22-20-30-17-13-28(14-18-30)10-8-6-4-2/h7,9,11-12,15-16,23-26,28,30H,3-6,8,10,13-14,17-18,20,22H2,1-2H3/b9-7+. The van der Waals surface area contributed by atoms with Gasteiger partial charge in [-0.2, -0.15) is 0 Å². The molecule has 0 saturated heterocycles. The minimum atomic E-state index is 0.941. The Bertz CT molecular complexity index is 849. The van der Waals surface area contributed by atoms with Crippen LogP contribution >= 0.6 is 0 Å². The molecule has 0 N–H and O–H groups in total. The van der Waals surface area contributed by atoms with Gasteiger partial charge in [-0.1, -0.05) is 120 Å². The highest BCUT2D eigenvalue weighted by atomic mass is 14.3. The van der Waals surface area contributed by atoms with E-state index in [0.29, 0.717) is 0 Å². The molecule has 1 aliphatic carbocycles. The summed E-state index contributed by atoms with van der Waals surface area (Å²) in [6, 6.07) is 17.5. The lowest BCUT2D eigenvalue weighted by Crippen LogP contribution is -2.15. The van der Waals surface area contributed by atoms with Crippen LogP contribution in [0.25, 0.3) is 6.08 Å². The number of aryl methyl sites for hydroxylation is 1. The first-order chi connectivity index (χ1) is 15.8. The molecule has 170 valence electrons. The summed E-state index contributed by atoms with van der Waals surface area (Å²) in [5, 5.41) is 0. The van der Waals surface area contributed by atoms with E-state index in [9.17, 15) is 0 Å². The molecule has 32 heavy (non-hydrogen) atoms. The first-order valence-corrected chi connectivity index (χ1v) is 13.1. The Labute approximate surface area is 197 Å². The topological polar surface area (TPSA) is 0 Å². The van der Waals surface area contributed by atoms with E-state index in [2.05, 4.69) is 86.4 Å². The summed E-state index contributed by atoms with van der Waals surface area (Å²) in [5.74, 6) is 8.59. The van der Waals surface area contributed by atoms with E-state index in [-0.39, 0.29) is 0 Å². The Kier molecular flexibility index (Phi) is 10.7. The van der Waals surface area contributed by atoms with E-state index in [1.165, 1.54) is 81.8 Å². The lowest BCUT2D eigenvalue weighted by atomic mass is 9.78. The van der Waals surface area contributed by atoms with Crippen molar-refractivity contribution in [3.05, 3.63) is 76.9 Å². The SMILES string of the molecule is CCC/C=C/c1ccc(C#Cc2ccc(CCC3CCC(CCCCC)CC3)cc2)cc1. The molecule has 0 radical (unpaired) electrons. The van der Waals surface area contributed by atoms with Gasteiger partial charge < -0.3 is 0 Å². The van der Waals surface area contributed by atoms with Crippen molar-refractivity contribution in [1.29, 1.82) is 0 Å². The number of allylic oxidation sites excluding steroid dienone is 1. The molecule has 0 unspecified atom stereocenters. The van der Waals surface area contributed by atoms with Gasteiger partial charge in [-0.25, -0.2) is 0 Å². The molecule has 0 bridgehead atoms. The molecule has 3 rings (SSSR count). The summed E-state index contributed by atoms with van der Waals surface area (Å²) in [6.07, 6.45) is 20.9. The van der Waals surface area contributed by atoms with Gasteiger partial charge in [0, 0.05) is 11.1 Å². The minimum absolute atomic E-state index is 0.941. The number of unbranched alkanes of at least 4 members (excludes halogenated alkanes) is 3. The molecule has 1 saturated carbocycles. The van der Waals surface area contributed by atoms with E-state index < -0.39 is 0 Å². The van der Waals surface area contributed by atoms with Crippen LogP contribution in [0.1, 0.15) is 107 Å². The average Bonchev–Trinajstić information content (AvgIpc) is 2.84. The van der Waals surface area contributed by atoms with Crippen LogP contribution in [0.4, 0.5) is 0 Å². The first-order valence-electron chi connectivity index (χ1n) is 13.1. The Hall–Kier alpha value is -2.26. The molecule has 0 spiro atoms. The van der Waals surface area contributed by atoms with Gasteiger partial charge in [-0.3, -0.25) is 0 Å². The maximum Gasteiger partial charge on any atom is 0.0249 e.